The van der Waals surface area contributed by atoms with Gasteiger partial charge in [0.25, 0.3) is 0 Å². The molecule has 1 heterocycles. The average Bonchev–Trinajstić information content (AvgIpc) is 1.87. The molecular weight excluding hydrogens is 133 g/mol. The molecule has 1 nitrogen and oxygen atoms in total. The van der Waals surface area contributed by atoms with Crippen molar-refractivity contribution in [1.82, 2.24) is 4.98 Å². The number of aromatic amines is 1. The average molecular weight is 135 g/mol. The van der Waals surface area contributed by atoms with Crippen molar-refractivity contribution in [3.05, 3.63) is 22.4 Å². The molecular formula is C4H2Cl2N. The van der Waals surface area contributed by atoms with Gasteiger partial charge in [0, 0.05) is 0 Å². The first kappa shape index (κ1) is 5.01. The molecule has 1 aromatic rings. The van der Waals surface area contributed by atoms with E-state index >= 15 is 0 Å². The molecule has 0 aromatic carbocycles. The van der Waals surface area contributed by atoms with E-state index in [1.807, 2.05) is 0 Å². The first-order valence-electron chi connectivity index (χ1n) is 1.71. The molecule has 1 N–H and O–H groups in total. The molecule has 0 amide bonds. The summed E-state index contributed by atoms with van der Waals surface area (Å²) in [5, 5.41) is 1.04. The topological polar surface area (TPSA) is 15.8 Å². The number of hydrogen-bond donors (Lipinski definition) is 1. The molecule has 0 spiro atoms. The van der Waals surface area contributed by atoms with Crippen LogP contribution in [0.5, 0.6) is 0 Å². The van der Waals surface area contributed by atoms with Gasteiger partial charge < -0.3 is 4.98 Å². The van der Waals surface area contributed by atoms with Gasteiger partial charge in [-0.3, -0.25) is 0 Å². The highest BCUT2D eigenvalue weighted by Crippen LogP contribution is 2.11. The zero-order chi connectivity index (χ0) is 5.28. The Labute approximate surface area is 51.2 Å². The summed E-state index contributed by atoms with van der Waals surface area (Å²) in [7, 11) is 0. The third kappa shape index (κ3) is 1.11. The first-order valence-corrected chi connectivity index (χ1v) is 2.46. The van der Waals surface area contributed by atoms with Gasteiger partial charge in [0.1, 0.15) is 5.15 Å². The summed E-state index contributed by atoms with van der Waals surface area (Å²) in [5.41, 5.74) is 0. The SMILES string of the molecule is Clc1[c][nH]c(Cl)c1. The fraction of sp³-hybridized carbons (Fsp3) is 0. The van der Waals surface area contributed by atoms with Crippen LogP contribution in [0.2, 0.25) is 10.2 Å². The fourth-order valence-corrected chi connectivity index (χ4v) is 0.671. The summed E-state index contributed by atoms with van der Waals surface area (Å²) in [5.74, 6) is 0. The predicted octanol–water partition coefficient (Wildman–Crippen LogP) is 2.12. The summed E-state index contributed by atoms with van der Waals surface area (Å²) in [6, 6.07) is 1.59. The second kappa shape index (κ2) is 1.76. The summed E-state index contributed by atoms with van der Waals surface area (Å²) in [6.45, 7) is 0. The second-order valence-electron chi connectivity index (χ2n) is 1.09. The largest absolute Gasteiger partial charge is 0.343 e. The smallest absolute Gasteiger partial charge is 0.108 e. The third-order valence-electron chi connectivity index (χ3n) is 0.555. The van der Waals surface area contributed by atoms with E-state index in [2.05, 4.69) is 11.2 Å². The summed E-state index contributed by atoms with van der Waals surface area (Å²) in [6.07, 6.45) is 2.58. The number of aromatic nitrogens is 1. The third-order valence-corrected chi connectivity index (χ3v) is 0.962. The van der Waals surface area contributed by atoms with E-state index in [1.54, 1.807) is 6.07 Å². The summed E-state index contributed by atoms with van der Waals surface area (Å²) < 4.78 is 0. The van der Waals surface area contributed by atoms with Crippen LogP contribution in [0.25, 0.3) is 0 Å². The zero-order valence-corrected chi connectivity index (χ0v) is 4.85. The Kier molecular flexibility index (Phi) is 1.26. The molecule has 3 heteroatoms. The molecule has 37 valence electrons. The monoisotopic (exact) mass is 134 g/mol. The van der Waals surface area contributed by atoms with Gasteiger partial charge in [-0.2, -0.15) is 0 Å². The number of nitrogens with one attached hydrogen (secondary N) is 1. The van der Waals surface area contributed by atoms with Gasteiger partial charge in [-0.25, -0.2) is 0 Å². The molecule has 0 saturated carbocycles. The Balaban J connectivity index is 3.04. The predicted molar refractivity (Wildman–Crippen MR) is 29.6 cm³/mol. The number of H-pyrrole nitrogens is 1. The lowest BCUT2D eigenvalue weighted by atomic mass is 10.7. The van der Waals surface area contributed by atoms with Crippen LogP contribution in [0, 0.1) is 6.20 Å². The molecule has 0 bridgehead atoms. The lowest BCUT2D eigenvalue weighted by Crippen LogP contribution is -1.50. The van der Waals surface area contributed by atoms with E-state index in [0.29, 0.717) is 10.2 Å². The van der Waals surface area contributed by atoms with Crippen LogP contribution >= 0.6 is 23.2 Å². The van der Waals surface area contributed by atoms with Crippen LogP contribution < -0.4 is 0 Å². The summed E-state index contributed by atoms with van der Waals surface area (Å²) in [4.78, 5) is 2.58. The highest BCUT2D eigenvalue weighted by atomic mass is 35.5. The van der Waals surface area contributed by atoms with Gasteiger partial charge in [-0.1, -0.05) is 23.2 Å². The molecule has 1 aromatic heterocycles. The molecule has 0 aliphatic carbocycles. The van der Waals surface area contributed by atoms with E-state index in [-0.39, 0.29) is 0 Å². The molecule has 0 aliphatic heterocycles. The minimum Gasteiger partial charge on any atom is -0.343 e. The van der Waals surface area contributed by atoms with E-state index in [0.717, 1.165) is 0 Å². The molecule has 1 rings (SSSR count). The molecule has 0 aliphatic rings. The minimum atomic E-state index is 0.519. The van der Waals surface area contributed by atoms with Crippen LogP contribution in [-0.4, -0.2) is 4.98 Å². The molecule has 7 heavy (non-hydrogen) atoms. The van der Waals surface area contributed by atoms with Crippen LogP contribution in [-0.2, 0) is 0 Å². The normalized spacial score (nSPS) is 9.43. The Morgan fingerprint density at radius 3 is 2.43 bits per heavy atom. The number of hydrogen-bond acceptors (Lipinski definition) is 0. The molecule has 0 saturated heterocycles. The Hall–Kier alpha value is -0.140. The highest BCUT2D eigenvalue weighted by Gasteiger charge is 1.88. The van der Waals surface area contributed by atoms with Crippen molar-refractivity contribution in [3.63, 3.8) is 0 Å². The van der Waals surface area contributed by atoms with Crippen LogP contribution in [0.15, 0.2) is 6.07 Å². The Bertz CT molecular complexity index is 142. The van der Waals surface area contributed by atoms with Gasteiger partial charge in [-0.05, 0) is 6.07 Å². The van der Waals surface area contributed by atoms with Crippen LogP contribution in [0.4, 0.5) is 0 Å². The van der Waals surface area contributed by atoms with Gasteiger partial charge in [0.05, 0.1) is 11.2 Å². The van der Waals surface area contributed by atoms with Crippen molar-refractivity contribution >= 4 is 23.2 Å². The van der Waals surface area contributed by atoms with Gasteiger partial charge >= 0.3 is 0 Å². The van der Waals surface area contributed by atoms with Crippen LogP contribution in [0.3, 0.4) is 0 Å². The maximum absolute atomic E-state index is 5.39. The van der Waals surface area contributed by atoms with Crippen molar-refractivity contribution in [2.45, 2.75) is 0 Å². The van der Waals surface area contributed by atoms with Crippen molar-refractivity contribution < 1.29 is 0 Å². The fourth-order valence-electron chi connectivity index (χ4n) is 0.303. The van der Waals surface area contributed by atoms with E-state index in [1.165, 1.54) is 0 Å². The summed E-state index contributed by atoms with van der Waals surface area (Å²) >= 11 is 10.8. The second-order valence-corrected chi connectivity index (χ2v) is 1.90. The van der Waals surface area contributed by atoms with E-state index in [9.17, 15) is 0 Å². The Morgan fingerprint density at radius 1 is 1.57 bits per heavy atom. The first-order chi connectivity index (χ1) is 3.29. The lowest BCUT2D eigenvalue weighted by Gasteiger charge is -1.66. The maximum Gasteiger partial charge on any atom is 0.108 e. The van der Waals surface area contributed by atoms with Gasteiger partial charge in [0.15, 0.2) is 0 Å². The minimum absolute atomic E-state index is 0.519. The van der Waals surface area contributed by atoms with Crippen molar-refractivity contribution in [2.24, 2.45) is 0 Å². The van der Waals surface area contributed by atoms with Gasteiger partial charge in [-0.15, -0.1) is 0 Å². The van der Waals surface area contributed by atoms with Gasteiger partial charge in [0.2, 0.25) is 0 Å². The Morgan fingerprint density at radius 2 is 2.29 bits per heavy atom. The maximum atomic E-state index is 5.39. The molecule has 0 fully saturated rings. The van der Waals surface area contributed by atoms with Crippen LogP contribution in [0.1, 0.15) is 0 Å². The van der Waals surface area contributed by atoms with Crippen molar-refractivity contribution in [1.29, 1.82) is 0 Å². The molecule has 1 radical (unpaired) electrons. The number of halogens is 2. The lowest BCUT2D eigenvalue weighted by molar-refractivity contribution is 1.40. The zero-order valence-electron chi connectivity index (χ0n) is 3.33. The van der Waals surface area contributed by atoms with Crippen molar-refractivity contribution in [2.75, 3.05) is 0 Å². The highest BCUT2D eigenvalue weighted by molar-refractivity contribution is 6.34. The van der Waals surface area contributed by atoms with E-state index < -0.39 is 0 Å². The standard InChI is InChI=1S/C4H2Cl2N/c5-3-1-4(6)7-2-3/h1,7H. The molecule has 0 atom stereocenters. The quantitative estimate of drug-likeness (QED) is 0.560. The van der Waals surface area contributed by atoms with E-state index in [4.69, 9.17) is 23.2 Å². The number of rotatable bonds is 0. The molecule has 0 unspecified atom stereocenters. The van der Waals surface area contributed by atoms with Crippen molar-refractivity contribution in [3.8, 4) is 0 Å².